The number of rotatable bonds is 3. The van der Waals surface area contributed by atoms with E-state index in [1.165, 1.54) is 7.05 Å². The van der Waals surface area contributed by atoms with Gasteiger partial charge in [0.25, 0.3) is 0 Å². The molecule has 1 nitrogen and oxygen atoms in total. The van der Waals surface area contributed by atoms with E-state index >= 15 is 0 Å². The van der Waals surface area contributed by atoms with Crippen LogP contribution in [0.5, 0.6) is 0 Å². The molecule has 19 heavy (non-hydrogen) atoms. The molecule has 2 rings (SSSR count). The largest absolute Gasteiger partial charge is 0.313 e. The number of hydrogen-bond donors (Lipinski definition) is 1. The van der Waals surface area contributed by atoms with Crippen LogP contribution < -0.4 is 5.32 Å². The first-order valence-corrected chi connectivity index (χ1v) is 6.17. The van der Waals surface area contributed by atoms with Crippen LogP contribution in [-0.4, -0.2) is 7.05 Å². The van der Waals surface area contributed by atoms with Crippen molar-refractivity contribution in [2.24, 2.45) is 5.92 Å². The molecule has 0 aromatic heterocycles. The third-order valence-corrected chi connectivity index (χ3v) is 3.74. The van der Waals surface area contributed by atoms with Crippen molar-refractivity contribution in [1.82, 2.24) is 5.32 Å². The van der Waals surface area contributed by atoms with Crippen LogP contribution in [-0.2, 0) is 0 Å². The Kier molecular flexibility index (Phi) is 4.08. The van der Waals surface area contributed by atoms with Crippen LogP contribution in [0.4, 0.5) is 22.0 Å². The second kappa shape index (κ2) is 5.45. The lowest BCUT2D eigenvalue weighted by Crippen LogP contribution is -2.27. The fourth-order valence-corrected chi connectivity index (χ4v) is 2.80. The van der Waals surface area contributed by atoms with Crippen LogP contribution in [0.25, 0.3) is 0 Å². The zero-order valence-electron chi connectivity index (χ0n) is 10.4. The van der Waals surface area contributed by atoms with Gasteiger partial charge in [0.15, 0.2) is 23.3 Å². The van der Waals surface area contributed by atoms with Gasteiger partial charge in [0.2, 0.25) is 5.82 Å². The molecule has 0 heterocycles. The van der Waals surface area contributed by atoms with Crippen LogP contribution in [0.2, 0.25) is 0 Å². The first-order chi connectivity index (χ1) is 8.99. The van der Waals surface area contributed by atoms with Gasteiger partial charge in [-0.15, -0.1) is 0 Å². The van der Waals surface area contributed by atoms with Crippen molar-refractivity contribution in [2.75, 3.05) is 7.05 Å². The lowest BCUT2D eigenvalue weighted by molar-refractivity contribution is 0.324. The van der Waals surface area contributed by atoms with Gasteiger partial charge < -0.3 is 5.32 Å². The summed E-state index contributed by atoms with van der Waals surface area (Å²) in [6.07, 6.45) is 3.23. The Balaban J connectivity index is 2.53. The van der Waals surface area contributed by atoms with Crippen LogP contribution in [0.1, 0.15) is 37.3 Å². The van der Waals surface area contributed by atoms with Crippen molar-refractivity contribution < 1.29 is 22.0 Å². The summed E-state index contributed by atoms with van der Waals surface area (Å²) in [5.74, 6) is -9.46. The van der Waals surface area contributed by atoms with Gasteiger partial charge in [0, 0.05) is 11.6 Å². The van der Waals surface area contributed by atoms with Gasteiger partial charge in [-0.2, -0.15) is 0 Å². The Hall–Kier alpha value is -1.17. The molecule has 1 saturated carbocycles. The molecule has 1 aromatic carbocycles. The van der Waals surface area contributed by atoms with Crippen LogP contribution >= 0.6 is 0 Å². The quantitative estimate of drug-likeness (QED) is 0.503. The van der Waals surface area contributed by atoms with Gasteiger partial charge in [-0.05, 0) is 25.8 Å². The summed E-state index contributed by atoms with van der Waals surface area (Å²) >= 11 is 0. The third kappa shape index (κ3) is 2.33. The molecule has 1 N–H and O–H groups in total. The fraction of sp³-hybridized carbons (Fsp3) is 0.538. The Morgan fingerprint density at radius 3 is 1.68 bits per heavy atom. The summed E-state index contributed by atoms with van der Waals surface area (Å²) in [7, 11) is 1.46. The molecule has 0 aliphatic heterocycles. The minimum Gasteiger partial charge on any atom is -0.313 e. The highest BCUT2D eigenvalue weighted by molar-refractivity contribution is 5.27. The van der Waals surface area contributed by atoms with Crippen molar-refractivity contribution in [3.05, 3.63) is 34.6 Å². The maximum absolute atomic E-state index is 13.7. The van der Waals surface area contributed by atoms with Crippen molar-refractivity contribution in [1.29, 1.82) is 0 Å². The summed E-state index contributed by atoms with van der Waals surface area (Å²) in [6, 6.07) is -0.855. The molecule has 0 saturated heterocycles. The van der Waals surface area contributed by atoms with Crippen LogP contribution in [0, 0.1) is 35.0 Å². The highest BCUT2D eigenvalue weighted by Gasteiger charge is 2.34. The molecule has 0 bridgehead atoms. The van der Waals surface area contributed by atoms with Crippen molar-refractivity contribution in [3.63, 3.8) is 0 Å². The molecule has 0 amide bonds. The number of nitrogens with one attached hydrogen (secondary N) is 1. The SMILES string of the molecule is CNC(c1c(F)c(F)c(F)c(F)c1F)C1CCCC1. The average molecular weight is 279 g/mol. The molecule has 1 aliphatic rings. The normalized spacial score (nSPS) is 18.0. The molecule has 1 unspecified atom stereocenters. The van der Waals surface area contributed by atoms with Gasteiger partial charge in [-0.25, -0.2) is 22.0 Å². The number of halogens is 5. The van der Waals surface area contributed by atoms with E-state index in [4.69, 9.17) is 0 Å². The summed E-state index contributed by atoms with van der Waals surface area (Å²) in [5.41, 5.74) is -0.745. The molecular formula is C13H14F5N. The minimum absolute atomic E-state index is 0.113. The predicted octanol–water partition coefficient (Wildman–Crippen LogP) is 3.83. The third-order valence-electron chi connectivity index (χ3n) is 3.74. The van der Waals surface area contributed by atoms with E-state index in [9.17, 15) is 22.0 Å². The highest BCUT2D eigenvalue weighted by atomic mass is 19.2. The summed E-state index contributed by atoms with van der Waals surface area (Å²) in [5, 5.41) is 2.68. The highest BCUT2D eigenvalue weighted by Crippen LogP contribution is 2.38. The van der Waals surface area contributed by atoms with Gasteiger partial charge in [0.05, 0.1) is 0 Å². The van der Waals surface area contributed by atoms with Gasteiger partial charge in [-0.1, -0.05) is 12.8 Å². The van der Waals surface area contributed by atoms with E-state index in [1.807, 2.05) is 0 Å². The Morgan fingerprint density at radius 1 is 0.842 bits per heavy atom. The molecule has 1 aliphatic carbocycles. The molecular weight excluding hydrogens is 265 g/mol. The molecule has 1 aromatic rings. The Bertz CT molecular complexity index is 453. The number of hydrogen-bond acceptors (Lipinski definition) is 1. The van der Waals surface area contributed by atoms with E-state index < -0.39 is 40.7 Å². The van der Waals surface area contributed by atoms with Gasteiger partial charge in [-0.3, -0.25) is 0 Å². The maximum Gasteiger partial charge on any atom is 0.200 e. The lowest BCUT2D eigenvalue weighted by Gasteiger charge is -2.24. The average Bonchev–Trinajstić information content (AvgIpc) is 2.93. The predicted molar refractivity (Wildman–Crippen MR) is 60.0 cm³/mol. The zero-order chi connectivity index (χ0) is 14.2. The molecule has 1 atom stereocenters. The van der Waals surface area contributed by atoms with Crippen molar-refractivity contribution in [3.8, 4) is 0 Å². The smallest absolute Gasteiger partial charge is 0.200 e. The van der Waals surface area contributed by atoms with Gasteiger partial charge >= 0.3 is 0 Å². The van der Waals surface area contributed by atoms with Crippen molar-refractivity contribution in [2.45, 2.75) is 31.7 Å². The molecule has 1 fully saturated rings. The first kappa shape index (κ1) is 14.2. The monoisotopic (exact) mass is 279 g/mol. The second-order valence-corrected chi connectivity index (χ2v) is 4.79. The fourth-order valence-electron chi connectivity index (χ4n) is 2.80. The lowest BCUT2D eigenvalue weighted by atomic mass is 9.90. The standard InChI is InChI=1S/C13H14F5N/c1-19-13(6-4-2-3-5-6)7-8(14)10(16)12(18)11(17)9(7)15/h6,13,19H,2-5H2,1H3. The van der Waals surface area contributed by atoms with E-state index in [1.54, 1.807) is 0 Å². The molecule has 0 spiro atoms. The van der Waals surface area contributed by atoms with Crippen LogP contribution in [0.3, 0.4) is 0 Å². The van der Waals surface area contributed by atoms with E-state index in [0.29, 0.717) is 12.8 Å². The van der Waals surface area contributed by atoms with Crippen molar-refractivity contribution >= 4 is 0 Å². The maximum atomic E-state index is 13.7. The number of benzene rings is 1. The van der Waals surface area contributed by atoms with E-state index in [0.717, 1.165) is 12.8 Å². The summed E-state index contributed by atoms with van der Waals surface area (Å²) in [4.78, 5) is 0. The van der Waals surface area contributed by atoms with Gasteiger partial charge in [0.1, 0.15) is 0 Å². The Morgan fingerprint density at radius 2 is 1.26 bits per heavy atom. The zero-order valence-corrected chi connectivity index (χ0v) is 10.4. The van der Waals surface area contributed by atoms with E-state index in [2.05, 4.69) is 5.32 Å². The van der Waals surface area contributed by atoms with E-state index in [-0.39, 0.29) is 5.92 Å². The topological polar surface area (TPSA) is 12.0 Å². The van der Waals surface area contributed by atoms with Crippen LogP contribution in [0.15, 0.2) is 0 Å². The summed E-state index contributed by atoms with van der Waals surface area (Å²) < 4.78 is 66.9. The minimum atomic E-state index is -2.11. The molecule has 0 radical (unpaired) electrons. The Labute approximate surface area is 107 Å². The second-order valence-electron chi connectivity index (χ2n) is 4.79. The first-order valence-electron chi connectivity index (χ1n) is 6.17. The molecule has 106 valence electrons. The molecule has 6 heteroatoms. The summed E-state index contributed by atoms with van der Waals surface area (Å²) in [6.45, 7) is 0.